The molecule has 0 bridgehead atoms. The molecule has 0 atom stereocenters. The van der Waals surface area contributed by atoms with Crippen molar-refractivity contribution in [1.82, 2.24) is 4.98 Å². The quantitative estimate of drug-likeness (QED) is 0.788. The maximum absolute atomic E-state index is 10.0. The number of nitrogens with zero attached hydrogens (tertiary/aromatic N) is 1. The first-order valence-corrected chi connectivity index (χ1v) is 5.23. The average Bonchev–Trinajstić information content (AvgIpc) is 2.43. The van der Waals surface area contributed by atoms with Gasteiger partial charge < -0.3 is 9.52 Å². The van der Waals surface area contributed by atoms with Gasteiger partial charge in [-0.3, -0.25) is 0 Å². The maximum atomic E-state index is 10.0. The lowest BCUT2D eigenvalue weighted by atomic mass is 9.80. The van der Waals surface area contributed by atoms with Crippen molar-refractivity contribution in [3.63, 3.8) is 0 Å². The highest BCUT2D eigenvalue weighted by Gasteiger charge is 2.41. The molecule has 1 aliphatic rings. The number of oxazole rings is 1. The van der Waals surface area contributed by atoms with Crippen LogP contribution in [0.1, 0.15) is 56.4 Å². The number of hydrogen-bond donors (Lipinski definition) is 1. The molecule has 0 amide bonds. The Hall–Kier alpha value is -0.830. The van der Waals surface area contributed by atoms with Gasteiger partial charge in [-0.2, -0.15) is 0 Å². The van der Waals surface area contributed by atoms with E-state index < -0.39 is 5.60 Å². The van der Waals surface area contributed by atoms with Crippen LogP contribution in [0.3, 0.4) is 0 Å². The van der Waals surface area contributed by atoms with Crippen molar-refractivity contribution in [3.05, 3.63) is 17.3 Å². The van der Waals surface area contributed by atoms with E-state index in [1.807, 2.05) is 6.92 Å². The van der Waals surface area contributed by atoms with Gasteiger partial charge >= 0.3 is 0 Å². The van der Waals surface area contributed by atoms with Crippen LogP contribution >= 0.6 is 0 Å². The molecule has 1 aliphatic carbocycles. The molecule has 1 N–H and O–H groups in total. The Morgan fingerprint density at radius 2 is 2.07 bits per heavy atom. The van der Waals surface area contributed by atoms with E-state index in [1.165, 1.54) is 0 Å². The molecular weight excluding hydrogens is 178 g/mol. The number of aromatic nitrogens is 1. The van der Waals surface area contributed by atoms with Crippen LogP contribution in [0.2, 0.25) is 0 Å². The summed E-state index contributed by atoms with van der Waals surface area (Å²) in [7, 11) is 0. The van der Waals surface area contributed by atoms with Gasteiger partial charge in [-0.05, 0) is 26.2 Å². The van der Waals surface area contributed by atoms with Crippen LogP contribution in [0, 0.1) is 6.92 Å². The number of hydrogen-bond acceptors (Lipinski definition) is 3. The van der Waals surface area contributed by atoms with Crippen molar-refractivity contribution in [3.8, 4) is 0 Å². The number of aryl methyl sites for hydroxylation is 1. The predicted octanol–water partition coefficient (Wildman–Crippen LogP) is 2.48. The van der Waals surface area contributed by atoms with Crippen molar-refractivity contribution < 1.29 is 9.52 Å². The summed E-state index contributed by atoms with van der Waals surface area (Å²) in [4.78, 5) is 4.31. The topological polar surface area (TPSA) is 46.3 Å². The molecule has 78 valence electrons. The van der Waals surface area contributed by atoms with Gasteiger partial charge in [-0.15, -0.1) is 0 Å². The van der Waals surface area contributed by atoms with Gasteiger partial charge in [-0.25, -0.2) is 4.98 Å². The molecule has 1 heterocycles. The summed E-state index contributed by atoms with van der Waals surface area (Å²) in [6.07, 6.45) is 2.63. The van der Waals surface area contributed by atoms with Gasteiger partial charge in [-0.1, -0.05) is 13.8 Å². The van der Waals surface area contributed by atoms with E-state index in [0.29, 0.717) is 11.8 Å². The zero-order valence-corrected chi connectivity index (χ0v) is 9.00. The van der Waals surface area contributed by atoms with Crippen LogP contribution in [0.15, 0.2) is 4.42 Å². The van der Waals surface area contributed by atoms with Crippen LogP contribution in [0.5, 0.6) is 0 Å². The highest BCUT2D eigenvalue weighted by atomic mass is 16.4. The molecule has 0 unspecified atom stereocenters. The van der Waals surface area contributed by atoms with Crippen molar-refractivity contribution in [2.45, 2.75) is 51.6 Å². The molecule has 1 fully saturated rings. The van der Waals surface area contributed by atoms with Crippen LogP contribution < -0.4 is 0 Å². The summed E-state index contributed by atoms with van der Waals surface area (Å²) in [5.74, 6) is 1.75. The molecule has 1 aromatic rings. The summed E-state index contributed by atoms with van der Waals surface area (Å²) in [6, 6.07) is 0. The Kier molecular flexibility index (Phi) is 2.14. The first kappa shape index (κ1) is 9.71. The molecule has 0 aliphatic heterocycles. The fraction of sp³-hybridized carbons (Fsp3) is 0.727. The summed E-state index contributed by atoms with van der Waals surface area (Å²) in [5.41, 5.74) is 0.146. The first-order valence-electron chi connectivity index (χ1n) is 5.23. The zero-order valence-electron chi connectivity index (χ0n) is 9.00. The Balaban J connectivity index is 2.32. The molecule has 0 spiro atoms. The predicted molar refractivity (Wildman–Crippen MR) is 53.1 cm³/mol. The molecule has 3 heteroatoms. The Bertz CT molecular complexity index is 337. The second kappa shape index (κ2) is 3.09. The van der Waals surface area contributed by atoms with Crippen LogP contribution in [-0.2, 0) is 5.60 Å². The van der Waals surface area contributed by atoms with E-state index >= 15 is 0 Å². The highest BCUT2D eigenvalue weighted by Crippen LogP contribution is 2.41. The van der Waals surface area contributed by atoms with Gasteiger partial charge in [0.1, 0.15) is 11.4 Å². The van der Waals surface area contributed by atoms with Gasteiger partial charge in [0.2, 0.25) is 5.89 Å². The maximum Gasteiger partial charge on any atom is 0.226 e. The van der Waals surface area contributed by atoms with Gasteiger partial charge in [0.15, 0.2) is 0 Å². The lowest BCUT2D eigenvalue weighted by molar-refractivity contribution is -0.0618. The monoisotopic (exact) mass is 195 g/mol. The summed E-state index contributed by atoms with van der Waals surface area (Å²) < 4.78 is 5.62. The molecule has 1 aromatic heterocycles. The number of rotatable bonds is 2. The Labute approximate surface area is 84.2 Å². The van der Waals surface area contributed by atoms with Gasteiger partial charge in [0.05, 0.1) is 5.69 Å². The van der Waals surface area contributed by atoms with Crippen molar-refractivity contribution in [2.75, 3.05) is 0 Å². The minimum Gasteiger partial charge on any atom is -0.442 e. The van der Waals surface area contributed by atoms with Crippen LogP contribution in [-0.4, -0.2) is 10.1 Å². The average molecular weight is 195 g/mol. The number of aliphatic hydroxyl groups is 1. The fourth-order valence-corrected chi connectivity index (χ4v) is 1.87. The first-order chi connectivity index (χ1) is 6.53. The highest BCUT2D eigenvalue weighted by molar-refractivity contribution is 5.15. The Morgan fingerprint density at radius 1 is 1.43 bits per heavy atom. The van der Waals surface area contributed by atoms with Crippen LogP contribution in [0.4, 0.5) is 0 Å². The standard InChI is InChI=1S/C11H17NO2/c1-7(2)9-8(3)12-10(14-9)11(13)5-4-6-11/h7,13H,4-6H2,1-3H3. The molecule has 2 rings (SSSR count). The second-order valence-electron chi connectivity index (χ2n) is 4.51. The van der Waals surface area contributed by atoms with E-state index in [1.54, 1.807) is 0 Å². The molecule has 3 nitrogen and oxygen atoms in total. The van der Waals surface area contributed by atoms with Crippen LogP contribution in [0.25, 0.3) is 0 Å². The van der Waals surface area contributed by atoms with E-state index in [4.69, 9.17) is 4.42 Å². The molecule has 0 saturated heterocycles. The van der Waals surface area contributed by atoms with E-state index in [2.05, 4.69) is 18.8 Å². The summed E-state index contributed by atoms with van der Waals surface area (Å²) in [6.45, 7) is 6.08. The molecular formula is C11H17NO2. The third kappa shape index (κ3) is 1.36. The Morgan fingerprint density at radius 3 is 2.43 bits per heavy atom. The smallest absolute Gasteiger partial charge is 0.226 e. The lowest BCUT2D eigenvalue weighted by Crippen LogP contribution is -2.33. The van der Waals surface area contributed by atoms with E-state index in [9.17, 15) is 5.11 Å². The molecule has 0 aromatic carbocycles. The van der Waals surface area contributed by atoms with Crippen molar-refractivity contribution in [2.24, 2.45) is 0 Å². The van der Waals surface area contributed by atoms with Crippen molar-refractivity contribution >= 4 is 0 Å². The molecule has 14 heavy (non-hydrogen) atoms. The third-order valence-corrected chi connectivity index (χ3v) is 2.94. The van der Waals surface area contributed by atoms with Gasteiger partial charge in [0.25, 0.3) is 0 Å². The normalized spacial score (nSPS) is 19.8. The minimum atomic E-state index is -0.766. The van der Waals surface area contributed by atoms with Gasteiger partial charge in [0, 0.05) is 5.92 Å². The molecule has 0 radical (unpaired) electrons. The third-order valence-electron chi connectivity index (χ3n) is 2.94. The fourth-order valence-electron chi connectivity index (χ4n) is 1.87. The zero-order chi connectivity index (χ0) is 10.3. The largest absolute Gasteiger partial charge is 0.442 e. The summed E-state index contributed by atoms with van der Waals surface area (Å²) in [5, 5.41) is 10.0. The van der Waals surface area contributed by atoms with E-state index in [0.717, 1.165) is 30.7 Å². The minimum absolute atomic E-state index is 0.333. The molecule has 1 saturated carbocycles. The lowest BCUT2D eigenvalue weighted by Gasteiger charge is -2.33. The SMILES string of the molecule is Cc1nc(C2(O)CCC2)oc1C(C)C. The second-order valence-corrected chi connectivity index (χ2v) is 4.51. The van der Waals surface area contributed by atoms with E-state index in [-0.39, 0.29) is 0 Å². The summed E-state index contributed by atoms with van der Waals surface area (Å²) >= 11 is 0. The van der Waals surface area contributed by atoms with Crippen molar-refractivity contribution in [1.29, 1.82) is 0 Å².